The fraction of sp³-hybridized carbons (Fsp3) is 0.417. The molecule has 1 aliphatic heterocycles. The molecule has 0 bridgehead atoms. The minimum Gasteiger partial charge on any atom is -0.488 e. The van der Waals surface area contributed by atoms with Crippen molar-refractivity contribution in [2.75, 3.05) is 25.9 Å². The third-order valence-corrected chi connectivity index (χ3v) is 2.88. The van der Waals surface area contributed by atoms with Gasteiger partial charge in [0.05, 0.1) is 0 Å². The number of likely N-dealkylation sites (N-methyl/N-ethyl adjacent to an activating group) is 1. The minimum atomic E-state index is -1.02. The van der Waals surface area contributed by atoms with E-state index < -0.39 is 5.97 Å². The summed E-state index contributed by atoms with van der Waals surface area (Å²) in [5.74, 6) is -0.620. The lowest BCUT2D eigenvalue weighted by Gasteiger charge is -2.15. The first-order valence-electron chi connectivity index (χ1n) is 5.54. The van der Waals surface area contributed by atoms with E-state index in [1.165, 1.54) is 6.07 Å². The Morgan fingerprint density at radius 2 is 2.35 bits per heavy atom. The van der Waals surface area contributed by atoms with Gasteiger partial charge in [0.2, 0.25) is 0 Å². The molecule has 17 heavy (non-hydrogen) atoms. The van der Waals surface area contributed by atoms with Crippen LogP contribution in [0.4, 0.5) is 5.69 Å². The summed E-state index contributed by atoms with van der Waals surface area (Å²) in [6, 6.07) is 4.70. The summed E-state index contributed by atoms with van der Waals surface area (Å²) < 4.78 is 5.72. The maximum absolute atomic E-state index is 11.1. The smallest absolute Gasteiger partial charge is 0.339 e. The summed E-state index contributed by atoms with van der Waals surface area (Å²) in [7, 11) is 2.02. The number of anilines is 1. The Labute approximate surface area is 99.8 Å². The van der Waals surface area contributed by atoms with E-state index in [2.05, 4.69) is 4.90 Å². The van der Waals surface area contributed by atoms with Gasteiger partial charge in [-0.2, -0.15) is 0 Å². The van der Waals surface area contributed by atoms with Gasteiger partial charge in [-0.3, -0.25) is 0 Å². The Morgan fingerprint density at radius 3 is 2.94 bits per heavy atom. The number of aromatic carboxylic acids is 1. The van der Waals surface area contributed by atoms with E-state index in [0.29, 0.717) is 11.4 Å². The molecule has 1 unspecified atom stereocenters. The molecule has 1 atom stereocenters. The first kappa shape index (κ1) is 11.7. The van der Waals surface area contributed by atoms with Crippen LogP contribution < -0.4 is 10.5 Å². The predicted octanol–water partition coefficient (Wildman–Crippen LogP) is 1.05. The van der Waals surface area contributed by atoms with Crippen molar-refractivity contribution in [3.8, 4) is 5.75 Å². The number of carboxylic acid groups (broad SMARTS) is 1. The van der Waals surface area contributed by atoms with E-state index in [1.807, 2.05) is 7.05 Å². The zero-order valence-electron chi connectivity index (χ0n) is 9.72. The van der Waals surface area contributed by atoms with Crippen LogP contribution in [0.2, 0.25) is 0 Å². The van der Waals surface area contributed by atoms with Crippen LogP contribution in [-0.2, 0) is 0 Å². The average molecular weight is 236 g/mol. The highest BCUT2D eigenvalue weighted by atomic mass is 16.5. The highest BCUT2D eigenvalue weighted by Gasteiger charge is 2.23. The van der Waals surface area contributed by atoms with Crippen LogP contribution in [0.5, 0.6) is 5.75 Å². The molecular formula is C12H16N2O3. The number of benzene rings is 1. The normalized spacial score (nSPS) is 20.4. The highest BCUT2D eigenvalue weighted by molar-refractivity contribution is 5.92. The van der Waals surface area contributed by atoms with E-state index in [-0.39, 0.29) is 11.7 Å². The average Bonchev–Trinajstić information content (AvgIpc) is 2.66. The molecule has 1 heterocycles. The number of carbonyl (C=O) groups is 1. The zero-order valence-corrected chi connectivity index (χ0v) is 9.72. The molecule has 1 aromatic carbocycles. The summed E-state index contributed by atoms with van der Waals surface area (Å²) >= 11 is 0. The molecular weight excluding hydrogens is 220 g/mol. The van der Waals surface area contributed by atoms with Gasteiger partial charge in [0, 0.05) is 18.8 Å². The van der Waals surface area contributed by atoms with Gasteiger partial charge in [-0.05, 0) is 31.7 Å². The van der Waals surface area contributed by atoms with Crippen LogP contribution in [0.3, 0.4) is 0 Å². The number of carboxylic acids is 1. The van der Waals surface area contributed by atoms with Crippen molar-refractivity contribution in [3.63, 3.8) is 0 Å². The fourth-order valence-electron chi connectivity index (χ4n) is 1.99. The molecule has 2 rings (SSSR count). The molecule has 3 N–H and O–H groups in total. The first-order valence-corrected chi connectivity index (χ1v) is 5.54. The SMILES string of the molecule is CN1CCC(Oc2ccc(N)cc2C(=O)O)C1. The Bertz CT molecular complexity index is 434. The second-order valence-corrected chi connectivity index (χ2v) is 4.35. The molecule has 0 spiro atoms. The molecule has 1 aliphatic rings. The molecule has 0 radical (unpaired) electrons. The Morgan fingerprint density at radius 1 is 1.59 bits per heavy atom. The second kappa shape index (κ2) is 4.63. The predicted molar refractivity (Wildman–Crippen MR) is 64.3 cm³/mol. The quantitative estimate of drug-likeness (QED) is 0.767. The van der Waals surface area contributed by atoms with Gasteiger partial charge in [-0.25, -0.2) is 4.79 Å². The molecule has 1 saturated heterocycles. The number of nitrogen functional groups attached to an aromatic ring is 1. The van der Waals surface area contributed by atoms with Crippen molar-refractivity contribution in [3.05, 3.63) is 23.8 Å². The summed E-state index contributed by atoms with van der Waals surface area (Å²) in [5, 5.41) is 9.07. The van der Waals surface area contributed by atoms with Crippen molar-refractivity contribution in [1.29, 1.82) is 0 Å². The van der Waals surface area contributed by atoms with E-state index in [9.17, 15) is 4.79 Å². The van der Waals surface area contributed by atoms with E-state index in [4.69, 9.17) is 15.6 Å². The lowest BCUT2D eigenvalue weighted by molar-refractivity contribution is 0.0689. The summed E-state index contributed by atoms with van der Waals surface area (Å²) in [6.07, 6.45) is 0.974. The van der Waals surface area contributed by atoms with E-state index in [0.717, 1.165) is 19.5 Å². The van der Waals surface area contributed by atoms with Crippen LogP contribution in [0.15, 0.2) is 18.2 Å². The van der Waals surface area contributed by atoms with Crippen LogP contribution in [0.1, 0.15) is 16.8 Å². The van der Waals surface area contributed by atoms with Gasteiger partial charge in [0.1, 0.15) is 17.4 Å². The third kappa shape index (κ3) is 2.68. The molecule has 5 nitrogen and oxygen atoms in total. The maximum atomic E-state index is 11.1. The van der Waals surface area contributed by atoms with Gasteiger partial charge in [-0.15, -0.1) is 0 Å². The number of rotatable bonds is 3. The molecule has 0 saturated carbocycles. The molecule has 0 aliphatic carbocycles. The first-order chi connectivity index (χ1) is 8.06. The largest absolute Gasteiger partial charge is 0.488 e. The fourth-order valence-corrected chi connectivity index (χ4v) is 1.99. The van der Waals surface area contributed by atoms with Crippen molar-refractivity contribution in [2.45, 2.75) is 12.5 Å². The van der Waals surface area contributed by atoms with Gasteiger partial charge in [0.15, 0.2) is 0 Å². The Hall–Kier alpha value is -1.75. The van der Waals surface area contributed by atoms with Gasteiger partial charge < -0.3 is 20.5 Å². The van der Waals surface area contributed by atoms with Crippen molar-refractivity contribution >= 4 is 11.7 Å². The number of nitrogens with two attached hydrogens (primary N) is 1. The van der Waals surface area contributed by atoms with E-state index >= 15 is 0 Å². The zero-order chi connectivity index (χ0) is 12.4. The molecule has 5 heteroatoms. The number of likely N-dealkylation sites (tertiary alicyclic amines) is 1. The number of nitrogens with zero attached hydrogens (tertiary/aromatic N) is 1. The monoisotopic (exact) mass is 236 g/mol. The van der Waals surface area contributed by atoms with Gasteiger partial charge in [0.25, 0.3) is 0 Å². The van der Waals surface area contributed by atoms with Gasteiger partial charge >= 0.3 is 5.97 Å². The Balaban J connectivity index is 2.17. The van der Waals surface area contributed by atoms with Crippen molar-refractivity contribution in [1.82, 2.24) is 4.90 Å². The van der Waals surface area contributed by atoms with Gasteiger partial charge in [-0.1, -0.05) is 0 Å². The summed E-state index contributed by atoms with van der Waals surface area (Å²) in [5.41, 5.74) is 6.12. The van der Waals surface area contributed by atoms with E-state index in [1.54, 1.807) is 12.1 Å². The molecule has 0 aromatic heterocycles. The Kier molecular flexibility index (Phi) is 3.19. The summed E-state index contributed by atoms with van der Waals surface area (Å²) in [4.78, 5) is 13.2. The van der Waals surface area contributed by atoms with Crippen molar-refractivity contribution in [2.24, 2.45) is 0 Å². The summed E-state index contributed by atoms with van der Waals surface area (Å²) in [6.45, 7) is 1.80. The second-order valence-electron chi connectivity index (χ2n) is 4.35. The lowest BCUT2D eigenvalue weighted by Crippen LogP contribution is -2.22. The van der Waals surface area contributed by atoms with Crippen LogP contribution in [0.25, 0.3) is 0 Å². The molecule has 0 amide bonds. The van der Waals surface area contributed by atoms with Crippen LogP contribution in [-0.4, -0.2) is 42.2 Å². The standard InChI is InChI=1S/C12H16N2O3/c1-14-5-4-9(7-14)17-11-3-2-8(13)6-10(11)12(15)16/h2-3,6,9H,4-5,7,13H2,1H3,(H,15,16). The third-order valence-electron chi connectivity index (χ3n) is 2.88. The molecule has 1 fully saturated rings. The molecule has 1 aromatic rings. The molecule has 92 valence electrons. The number of ether oxygens (including phenoxy) is 1. The highest BCUT2D eigenvalue weighted by Crippen LogP contribution is 2.24. The van der Waals surface area contributed by atoms with Crippen molar-refractivity contribution < 1.29 is 14.6 Å². The minimum absolute atomic E-state index is 0.0572. The van der Waals surface area contributed by atoms with Crippen LogP contribution >= 0.6 is 0 Å². The van der Waals surface area contributed by atoms with Crippen LogP contribution in [0, 0.1) is 0 Å². The lowest BCUT2D eigenvalue weighted by atomic mass is 10.1. The topological polar surface area (TPSA) is 75.8 Å². The maximum Gasteiger partial charge on any atom is 0.339 e. The number of hydrogen-bond donors (Lipinski definition) is 2. The number of hydrogen-bond acceptors (Lipinski definition) is 4.